The lowest BCUT2D eigenvalue weighted by atomic mass is 9.77. The molecule has 100 valence electrons. The van der Waals surface area contributed by atoms with Crippen LogP contribution in [0.15, 0.2) is 6.07 Å². The van der Waals surface area contributed by atoms with E-state index in [1.165, 1.54) is 18.4 Å². The van der Waals surface area contributed by atoms with E-state index in [4.69, 9.17) is 22.1 Å². The van der Waals surface area contributed by atoms with Crippen LogP contribution in [0.25, 0.3) is 0 Å². The number of hydrogen-bond donors (Lipinski definition) is 1. The van der Waals surface area contributed by atoms with E-state index in [1.54, 1.807) is 7.11 Å². The monoisotopic (exact) mass is 267 g/mol. The van der Waals surface area contributed by atoms with Crippen LogP contribution < -0.4 is 10.5 Å². The van der Waals surface area contributed by atoms with Crippen LogP contribution >= 0.6 is 11.6 Å². The Labute approximate surface area is 114 Å². The third kappa shape index (κ3) is 2.02. The number of ether oxygens (including phenoxy) is 1. The molecule has 1 fully saturated rings. The van der Waals surface area contributed by atoms with Gasteiger partial charge in [-0.05, 0) is 32.3 Å². The van der Waals surface area contributed by atoms with Crippen molar-refractivity contribution in [2.75, 3.05) is 13.7 Å². The van der Waals surface area contributed by atoms with Gasteiger partial charge in [-0.2, -0.15) is 0 Å². The molecule has 2 rings (SSSR count). The minimum absolute atomic E-state index is 0.0887. The fraction of sp³-hybridized carbons (Fsp3) is 0.600. The molecule has 18 heavy (non-hydrogen) atoms. The molecule has 0 radical (unpaired) electrons. The molecule has 1 aromatic rings. The van der Waals surface area contributed by atoms with Crippen LogP contribution in [0.5, 0.6) is 5.75 Å². The summed E-state index contributed by atoms with van der Waals surface area (Å²) in [6.07, 6.45) is 4.81. The van der Waals surface area contributed by atoms with Gasteiger partial charge in [0.2, 0.25) is 0 Å². The smallest absolute Gasteiger partial charge is 0.127 e. The van der Waals surface area contributed by atoms with E-state index in [1.807, 2.05) is 6.92 Å². The first-order valence-corrected chi connectivity index (χ1v) is 6.98. The minimum atomic E-state index is 0.0887. The summed E-state index contributed by atoms with van der Waals surface area (Å²) in [5, 5.41) is 0.806. The van der Waals surface area contributed by atoms with Gasteiger partial charge in [0.1, 0.15) is 5.75 Å². The average Bonchev–Trinajstić information content (AvgIpc) is 2.85. The normalized spacial score (nSPS) is 18.1. The molecule has 2 nitrogen and oxygen atoms in total. The van der Waals surface area contributed by atoms with Crippen molar-refractivity contribution in [1.29, 1.82) is 0 Å². The molecule has 0 atom stereocenters. The third-order valence-electron chi connectivity index (χ3n) is 4.35. The van der Waals surface area contributed by atoms with E-state index in [-0.39, 0.29) is 5.41 Å². The zero-order valence-electron chi connectivity index (χ0n) is 11.5. The summed E-state index contributed by atoms with van der Waals surface area (Å²) in [4.78, 5) is 0. The van der Waals surface area contributed by atoms with Gasteiger partial charge in [0.25, 0.3) is 0 Å². The molecular formula is C15H22ClNO. The maximum Gasteiger partial charge on any atom is 0.127 e. The Morgan fingerprint density at radius 3 is 2.44 bits per heavy atom. The number of aryl methyl sites for hydroxylation is 1. The lowest BCUT2D eigenvalue weighted by molar-refractivity contribution is 0.375. The van der Waals surface area contributed by atoms with Crippen molar-refractivity contribution in [2.45, 2.75) is 44.9 Å². The van der Waals surface area contributed by atoms with E-state index in [2.05, 4.69) is 13.0 Å². The fourth-order valence-electron chi connectivity index (χ4n) is 3.24. The second-order valence-corrected chi connectivity index (χ2v) is 5.78. The van der Waals surface area contributed by atoms with Gasteiger partial charge in [0.05, 0.1) is 12.1 Å². The Balaban J connectivity index is 2.62. The van der Waals surface area contributed by atoms with Crippen molar-refractivity contribution in [3.63, 3.8) is 0 Å². The molecule has 0 aromatic heterocycles. The molecule has 1 saturated carbocycles. The van der Waals surface area contributed by atoms with E-state index >= 15 is 0 Å². The van der Waals surface area contributed by atoms with Gasteiger partial charge in [-0.3, -0.25) is 0 Å². The van der Waals surface area contributed by atoms with Crippen LogP contribution in [0.1, 0.15) is 42.4 Å². The van der Waals surface area contributed by atoms with Crippen molar-refractivity contribution in [3.8, 4) is 5.75 Å². The Morgan fingerprint density at radius 1 is 1.33 bits per heavy atom. The molecule has 0 heterocycles. The van der Waals surface area contributed by atoms with Crippen molar-refractivity contribution >= 4 is 11.6 Å². The second-order valence-electron chi connectivity index (χ2n) is 5.40. The number of halogens is 1. The first kappa shape index (κ1) is 13.7. The van der Waals surface area contributed by atoms with Gasteiger partial charge >= 0.3 is 0 Å². The zero-order valence-corrected chi connectivity index (χ0v) is 12.2. The van der Waals surface area contributed by atoms with Gasteiger partial charge in [0, 0.05) is 23.1 Å². The lowest BCUT2D eigenvalue weighted by Crippen LogP contribution is -2.32. The number of benzene rings is 1. The number of hydrogen-bond acceptors (Lipinski definition) is 2. The summed E-state index contributed by atoms with van der Waals surface area (Å²) >= 11 is 6.32. The predicted octanol–water partition coefficient (Wildman–Crippen LogP) is 3.74. The minimum Gasteiger partial charge on any atom is -0.496 e. The molecule has 1 aliphatic rings. The quantitative estimate of drug-likeness (QED) is 0.906. The molecule has 1 aromatic carbocycles. The maximum absolute atomic E-state index is 6.32. The van der Waals surface area contributed by atoms with Crippen molar-refractivity contribution in [1.82, 2.24) is 0 Å². The predicted molar refractivity (Wildman–Crippen MR) is 76.7 cm³/mol. The zero-order chi connectivity index (χ0) is 13.3. The highest BCUT2D eigenvalue weighted by atomic mass is 35.5. The molecule has 2 N–H and O–H groups in total. The molecular weight excluding hydrogens is 246 g/mol. The van der Waals surface area contributed by atoms with E-state index in [0.717, 1.165) is 34.7 Å². The van der Waals surface area contributed by atoms with Gasteiger partial charge < -0.3 is 10.5 Å². The van der Waals surface area contributed by atoms with Crippen LogP contribution in [-0.2, 0) is 5.41 Å². The van der Waals surface area contributed by atoms with Crippen LogP contribution in [-0.4, -0.2) is 13.7 Å². The largest absolute Gasteiger partial charge is 0.496 e. The third-order valence-corrected chi connectivity index (χ3v) is 4.93. The van der Waals surface area contributed by atoms with Crippen molar-refractivity contribution < 1.29 is 4.74 Å². The van der Waals surface area contributed by atoms with E-state index in [0.29, 0.717) is 6.54 Å². The molecule has 3 heteroatoms. The van der Waals surface area contributed by atoms with Gasteiger partial charge in [-0.1, -0.05) is 30.5 Å². The first-order valence-electron chi connectivity index (χ1n) is 6.60. The van der Waals surface area contributed by atoms with Gasteiger partial charge in [-0.25, -0.2) is 0 Å². The van der Waals surface area contributed by atoms with E-state index in [9.17, 15) is 0 Å². The molecule has 0 unspecified atom stereocenters. The van der Waals surface area contributed by atoms with Crippen LogP contribution in [0.2, 0.25) is 5.02 Å². The second kappa shape index (κ2) is 5.10. The summed E-state index contributed by atoms with van der Waals surface area (Å²) in [6.45, 7) is 4.76. The Kier molecular flexibility index (Phi) is 3.88. The summed E-state index contributed by atoms with van der Waals surface area (Å²) in [5.41, 5.74) is 9.57. The maximum atomic E-state index is 6.32. The first-order chi connectivity index (χ1) is 8.55. The molecule has 0 amide bonds. The number of rotatable bonds is 3. The highest BCUT2D eigenvalue weighted by Gasteiger charge is 2.37. The molecule has 0 bridgehead atoms. The van der Waals surface area contributed by atoms with Gasteiger partial charge in [0.15, 0.2) is 0 Å². The molecule has 0 saturated heterocycles. The molecule has 0 spiro atoms. The highest BCUT2D eigenvalue weighted by molar-refractivity contribution is 6.32. The van der Waals surface area contributed by atoms with Crippen LogP contribution in [0.3, 0.4) is 0 Å². The Bertz CT molecular complexity index is 450. The standard InChI is InChI=1S/C15H22ClNO/c1-10-8-12(14(18-3)11(2)13(10)16)15(9-17)6-4-5-7-15/h8H,4-7,9,17H2,1-3H3. The Morgan fingerprint density at radius 2 is 1.94 bits per heavy atom. The summed E-state index contributed by atoms with van der Waals surface area (Å²) in [6, 6.07) is 2.17. The van der Waals surface area contributed by atoms with Crippen LogP contribution in [0, 0.1) is 13.8 Å². The summed E-state index contributed by atoms with van der Waals surface area (Å²) in [5.74, 6) is 0.929. The van der Waals surface area contributed by atoms with Crippen molar-refractivity contribution in [3.05, 3.63) is 27.8 Å². The van der Waals surface area contributed by atoms with Crippen LogP contribution in [0.4, 0.5) is 0 Å². The van der Waals surface area contributed by atoms with Crippen molar-refractivity contribution in [2.24, 2.45) is 5.73 Å². The summed E-state index contributed by atoms with van der Waals surface area (Å²) < 4.78 is 5.61. The molecule has 0 aliphatic heterocycles. The Hall–Kier alpha value is -0.730. The lowest BCUT2D eigenvalue weighted by Gasteiger charge is -2.31. The van der Waals surface area contributed by atoms with E-state index < -0.39 is 0 Å². The number of methoxy groups -OCH3 is 1. The summed E-state index contributed by atoms with van der Waals surface area (Å²) in [7, 11) is 1.72. The number of nitrogens with two attached hydrogens (primary N) is 1. The fourth-order valence-corrected chi connectivity index (χ4v) is 3.38. The SMILES string of the molecule is COc1c(C2(CN)CCCC2)cc(C)c(Cl)c1C. The molecule has 1 aliphatic carbocycles. The van der Waals surface area contributed by atoms with Gasteiger partial charge in [-0.15, -0.1) is 0 Å². The highest BCUT2D eigenvalue weighted by Crippen LogP contribution is 2.46. The average molecular weight is 268 g/mol. The topological polar surface area (TPSA) is 35.2 Å².